The van der Waals surface area contributed by atoms with Crippen LogP contribution in [0.2, 0.25) is 0 Å². The maximum Gasteiger partial charge on any atom is 0.274 e. The minimum Gasteiger partial charge on any atom is -0.288 e. The third-order valence-electron chi connectivity index (χ3n) is 4.02. The highest BCUT2D eigenvalue weighted by atomic mass is 32.2. The van der Waals surface area contributed by atoms with Gasteiger partial charge >= 0.3 is 0 Å². The van der Waals surface area contributed by atoms with Gasteiger partial charge in [0.25, 0.3) is 5.91 Å². The molecule has 2 heterocycles. The quantitative estimate of drug-likeness (QED) is 0.423. The van der Waals surface area contributed by atoms with Crippen molar-refractivity contribution in [3.63, 3.8) is 0 Å². The Morgan fingerprint density at radius 3 is 2.54 bits per heavy atom. The van der Waals surface area contributed by atoms with Crippen molar-refractivity contribution in [2.45, 2.75) is 9.92 Å². The van der Waals surface area contributed by atoms with Gasteiger partial charge in [-0.2, -0.15) is 0 Å². The number of aliphatic imine (C=N–C) groups is 1. The molecule has 1 amide bonds. The molecule has 7 heteroatoms. The Morgan fingerprint density at radius 1 is 1.00 bits per heavy atom. The van der Waals surface area contributed by atoms with Crippen LogP contribution in [0.4, 0.5) is 5.69 Å². The van der Waals surface area contributed by atoms with Crippen LogP contribution < -0.4 is 5.48 Å². The van der Waals surface area contributed by atoms with Gasteiger partial charge in [0, 0.05) is 22.9 Å². The Balaban J connectivity index is 1.92. The molecular weight excluding hydrogens is 350 g/mol. The van der Waals surface area contributed by atoms with Crippen LogP contribution in [0.15, 0.2) is 81.8 Å². The predicted molar refractivity (Wildman–Crippen MR) is 96.3 cm³/mol. The van der Waals surface area contributed by atoms with Gasteiger partial charge < -0.3 is 0 Å². The number of hydrogen-bond acceptors (Lipinski definition) is 5. The molecule has 0 radical (unpaired) electrons. The number of benzene rings is 2. The van der Waals surface area contributed by atoms with E-state index in [2.05, 4.69) is 4.98 Å². The second kappa shape index (κ2) is 6.62. The van der Waals surface area contributed by atoms with E-state index >= 15 is 0 Å². The molecule has 3 aromatic rings. The molecule has 1 unspecified atom stereocenters. The molecule has 6 nitrogen and oxygen atoms in total. The van der Waals surface area contributed by atoms with Crippen LogP contribution in [0.25, 0.3) is 0 Å². The van der Waals surface area contributed by atoms with E-state index in [9.17, 15) is 9.00 Å². The fourth-order valence-corrected chi connectivity index (χ4v) is 4.01. The van der Waals surface area contributed by atoms with Gasteiger partial charge in [0.1, 0.15) is 15.8 Å². The van der Waals surface area contributed by atoms with Gasteiger partial charge in [-0.3, -0.25) is 10.0 Å². The average Bonchev–Trinajstić information content (AvgIpc) is 2.83. The van der Waals surface area contributed by atoms with E-state index in [-0.39, 0.29) is 0 Å². The number of fused-ring (bicyclic) bond motifs is 2. The Morgan fingerprint density at radius 2 is 1.77 bits per heavy atom. The number of pyridine rings is 1. The van der Waals surface area contributed by atoms with Gasteiger partial charge in [0.05, 0.1) is 16.3 Å². The standard InChI is InChI=1S/C19H13N3O3S/c23-18(22-24)13-9-7-12(8-10-13)17-14-4-3-11-20-19(14)26(25)16-6-2-1-5-15(16)21-17/h1-11,24H,(H,22,23). The number of nitrogens with zero attached hydrogens (tertiary/aromatic N) is 2. The summed E-state index contributed by atoms with van der Waals surface area (Å²) in [5.41, 5.74) is 4.61. The highest BCUT2D eigenvalue weighted by Crippen LogP contribution is 2.33. The number of carbonyl (C=O) groups excluding carboxylic acids is 1. The number of carbonyl (C=O) groups is 1. The zero-order chi connectivity index (χ0) is 18.1. The van der Waals surface area contributed by atoms with Crippen LogP contribution in [0.5, 0.6) is 0 Å². The molecule has 0 fully saturated rings. The summed E-state index contributed by atoms with van der Waals surface area (Å²) in [6.07, 6.45) is 1.61. The number of rotatable bonds is 2. The molecule has 0 saturated heterocycles. The molecule has 1 atom stereocenters. The SMILES string of the molecule is O=C(NO)c1ccc(C2=Nc3ccccc3S(=O)c3ncccc32)cc1. The second-order valence-electron chi connectivity index (χ2n) is 5.57. The van der Waals surface area contributed by atoms with E-state index in [4.69, 9.17) is 10.2 Å². The molecule has 0 bridgehead atoms. The number of hydrogen-bond donors (Lipinski definition) is 2. The van der Waals surface area contributed by atoms with Crippen LogP contribution >= 0.6 is 0 Å². The Labute approximate surface area is 151 Å². The van der Waals surface area contributed by atoms with Crippen LogP contribution in [-0.4, -0.2) is 26.0 Å². The van der Waals surface area contributed by atoms with E-state index in [1.165, 1.54) is 0 Å². The Bertz CT molecular complexity index is 1060. The van der Waals surface area contributed by atoms with Crippen molar-refractivity contribution in [1.29, 1.82) is 0 Å². The minimum atomic E-state index is -1.44. The van der Waals surface area contributed by atoms with Gasteiger partial charge in [0.2, 0.25) is 0 Å². The maximum atomic E-state index is 13.0. The first-order valence-electron chi connectivity index (χ1n) is 7.79. The highest BCUT2D eigenvalue weighted by molar-refractivity contribution is 7.85. The Kier molecular flexibility index (Phi) is 4.16. The van der Waals surface area contributed by atoms with Crippen molar-refractivity contribution in [3.8, 4) is 0 Å². The van der Waals surface area contributed by atoms with Crippen molar-refractivity contribution < 1.29 is 14.2 Å². The van der Waals surface area contributed by atoms with E-state index in [0.29, 0.717) is 32.4 Å². The molecular formula is C19H13N3O3S. The molecule has 4 rings (SSSR count). The summed E-state index contributed by atoms with van der Waals surface area (Å²) < 4.78 is 13.0. The van der Waals surface area contributed by atoms with Gasteiger partial charge in [-0.05, 0) is 36.4 Å². The summed E-state index contributed by atoms with van der Waals surface area (Å²) in [7, 11) is -1.44. The average molecular weight is 363 g/mol. The molecule has 2 aromatic carbocycles. The van der Waals surface area contributed by atoms with Gasteiger partial charge in [-0.1, -0.05) is 24.3 Å². The van der Waals surface area contributed by atoms with E-state index in [1.807, 2.05) is 24.3 Å². The lowest BCUT2D eigenvalue weighted by Crippen LogP contribution is -2.18. The van der Waals surface area contributed by atoms with Crippen LogP contribution in [-0.2, 0) is 10.8 Å². The van der Waals surface area contributed by atoms with Crippen molar-refractivity contribution in [1.82, 2.24) is 10.5 Å². The fraction of sp³-hybridized carbons (Fsp3) is 0. The molecule has 26 heavy (non-hydrogen) atoms. The van der Waals surface area contributed by atoms with Crippen LogP contribution in [0.1, 0.15) is 21.5 Å². The molecule has 1 aliphatic heterocycles. The largest absolute Gasteiger partial charge is 0.288 e. The summed E-state index contributed by atoms with van der Waals surface area (Å²) in [4.78, 5) is 21.2. The topological polar surface area (TPSA) is 91.6 Å². The highest BCUT2D eigenvalue weighted by Gasteiger charge is 2.24. The van der Waals surface area contributed by atoms with E-state index in [0.717, 1.165) is 5.56 Å². The minimum absolute atomic E-state index is 0.320. The van der Waals surface area contributed by atoms with Crippen LogP contribution in [0, 0.1) is 0 Å². The fourth-order valence-electron chi connectivity index (χ4n) is 2.77. The van der Waals surface area contributed by atoms with Crippen molar-refractivity contribution >= 4 is 28.1 Å². The van der Waals surface area contributed by atoms with Gasteiger partial charge in [-0.25, -0.2) is 19.7 Å². The molecule has 0 aliphatic carbocycles. The van der Waals surface area contributed by atoms with Gasteiger partial charge in [0.15, 0.2) is 0 Å². The molecule has 1 aromatic heterocycles. The summed E-state index contributed by atoms with van der Waals surface area (Å²) in [6.45, 7) is 0. The third kappa shape index (κ3) is 2.73. The number of aromatic nitrogens is 1. The summed E-state index contributed by atoms with van der Waals surface area (Å²) >= 11 is 0. The van der Waals surface area contributed by atoms with E-state index in [1.54, 1.807) is 48.1 Å². The van der Waals surface area contributed by atoms with Crippen molar-refractivity contribution in [2.75, 3.05) is 0 Å². The summed E-state index contributed by atoms with van der Waals surface area (Å²) in [6, 6.07) is 17.5. The number of amides is 1. The lowest BCUT2D eigenvalue weighted by molar-refractivity contribution is 0.0706. The molecule has 0 spiro atoms. The number of para-hydroxylation sites is 1. The summed E-state index contributed by atoms with van der Waals surface area (Å²) in [5.74, 6) is -0.590. The normalized spacial score (nSPS) is 15.3. The lowest BCUT2D eigenvalue weighted by Gasteiger charge is -2.08. The molecule has 2 N–H and O–H groups in total. The Hall–Kier alpha value is -3.16. The monoisotopic (exact) mass is 363 g/mol. The van der Waals surface area contributed by atoms with Crippen molar-refractivity contribution in [3.05, 3.63) is 83.6 Å². The zero-order valence-corrected chi connectivity index (χ0v) is 14.2. The third-order valence-corrected chi connectivity index (χ3v) is 5.44. The molecule has 1 aliphatic rings. The summed E-state index contributed by atoms with van der Waals surface area (Å²) in [5, 5.41) is 9.20. The first-order valence-corrected chi connectivity index (χ1v) is 8.94. The van der Waals surface area contributed by atoms with E-state index < -0.39 is 16.7 Å². The first kappa shape index (κ1) is 16.3. The predicted octanol–water partition coefficient (Wildman–Crippen LogP) is 2.85. The number of nitrogens with one attached hydrogen (secondary N) is 1. The van der Waals surface area contributed by atoms with Gasteiger partial charge in [-0.15, -0.1) is 0 Å². The smallest absolute Gasteiger partial charge is 0.274 e. The van der Waals surface area contributed by atoms with Crippen molar-refractivity contribution in [2.24, 2.45) is 4.99 Å². The first-order chi connectivity index (χ1) is 12.7. The number of hydroxylamine groups is 1. The molecule has 128 valence electrons. The zero-order valence-electron chi connectivity index (χ0n) is 13.4. The molecule has 0 saturated carbocycles. The lowest BCUT2D eigenvalue weighted by atomic mass is 10.0. The second-order valence-corrected chi connectivity index (χ2v) is 6.94. The van der Waals surface area contributed by atoms with Crippen LogP contribution in [0.3, 0.4) is 0 Å². The maximum absolute atomic E-state index is 13.0.